The molecule has 0 heterocycles. The molecule has 1 N–H and O–H groups in total. The average molecular weight is 350 g/mol. The van der Waals surface area contributed by atoms with Crippen LogP contribution in [0.25, 0.3) is 0 Å². The van der Waals surface area contributed by atoms with Crippen LogP contribution in [-0.4, -0.2) is 12.2 Å². The summed E-state index contributed by atoms with van der Waals surface area (Å²) >= 11 is 3.51. The molecule has 2 rings (SSSR count). The first kappa shape index (κ1) is 15.8. The first-order valence-corrected chi connectivity index (χ1v) is 7.74. The lowest BCUT2D eigenvalue weighted by atomic mass is 9.85. The van der Waals surface area contributed by atoms with Gasteiger partial charge in [-0.15, -0.1) is 0 Å². The summed E-state index contributed by atoms with van der Waals surface area (Å²) in [5, 5.41) is 3.45. The summed E-state index contributed by atoms with van der Waals surface area (Å²) in [7, 11) is 0. The van der Waals surface area contributed by atoms with E-state index in [-0.39, 0.29) is 24.9 Å². The SMILES string of the molecule is C[C@H](NC1CCC(C(F)(F)F)CC1)c1ccccc1Br. The molecule has 0 bridgehead atoms. The highest BCUT2D eigenvalue weighted by Gasteiger charge is 2.41. The fraction of sp³-hybridized carbons (Fsp3) is 0.600. The fourth-order valence-corrected chi connectivity index (χ4v) is 3.49. The molecule has 0 radical (unpaired) electrons. The summed E-state index contributed by atoms with van der Waals surface area (Å²) in [6, 6.07) is 8.25. The van der Waals surface area contributed by atoms with E-state index in [1.54, 1.807) is 0 Å². The van der Waals surface area contributed by atoms with Crippen molar-refractivity contribution in [3.05, 3.63) is 34.3 Å². The van der Waals surface area contributed by atoms with Gasteiger partial charge in [0.15, 0.2) is 0 Å². The summed E-state index contributed by atoms with van der Waals surface area (Å²) in [6.07, 6.45) is -2.36. The fourth-order valence-electron chi connectivity index (χ4n) is 2.86. The summed E-state index contributed by atoms with van der Waals surface area (Å²) in [5.74, 6) is -1.11. The highest BCUT2D eigenvalue weighted by molar-refractivity contribution is 9.10. The van der Waals surface area contributed by atoms with E-state index in [0.717, 1.165) is 10.0 Å². The van der Waals surface area contributed by atoms with Crippen molar-refractivity contribution in [2.45, 2.75) is 50.9 Å². The van der Waals surface area contributed by atoms with Crippen molar-refractivity contribution < 1.29 is 13.2 Å². The van der Waals surface area contributed by atoms with Crippen molar-refractivity contribution in [1.82, 2.24) is 5.32 Å². The quantitative estimate of drug-likeness (QED) is 0.788. The maximum atomic E-state index is 12.6. The van der Waals surface area contributed by atoms with Crippen molar-refractivity contribution in [2.24, 2.45) is 5.92 Å². The van der Waals surface area contributed by atoms with Gasteiger partial charge in [0.1, 0.15) is 0 Å². The van der Waals surface area contributed by atoms with Gasteiger partial charge in [0.25, 0.3) is 0 Å². The molecule has 0 aliphatic heterocycles. The minimum atomic E-state index is -4.03. The van der Waals surface area contributed by atoms with Crippen LogP contribution >= 0.6 is 15.9 Å². The lowest BCUT2D eigenvalue weighted by Gasteiger charge is -2.32. The van der Waals surface area contributed by atoms with Crippen molar-refractivity contribution >= 4 is 15.9 Å². The average Bonchev–Trinajstić information content (AvgIpc) is 2.38. The van der Waals surface area contributed by atoms with Gasteiger partial charge in [0.05, 0.1) is 5.92 Å². The van der Waals surface area contributed by atoms with E-state index in [1.807, 2.05) is 24.3 Å². The molecule has 1 aliphatic carbocycles. The number of hydrogen-bond donors (Lipinski definition) is 1. The molecule has 1 aromatic carbocycles. The number of nitrogens with one attached hydrogen (secondary N) is 1. The minimum absolute atomic E-state index is 0.137. The molecule has 112 valence electrons. The van der Waals surface area contributed by atoms with E-state index < -0.39 is 12.1 Å². The second-order valence-electron chi connectivity index (χ2n) is 5.50. The zero-order valence-corrected chi connectivity index (χ0v) is 13.0. The maximum absolute atomic E-state index is 12.6. The Bertz CT molecular complexity index is 439. The van der Waals surface area contributed by atoms with Crippen LogP contribution in [0.1, 0.15) is 44.2 Å². The van der Waals surface area contributed by atoms with Crippen molar-refractivity contribution in [1.29, 1.82) is 0 Å². The number of rotatable bonds is 3. The van der Waals surface area contributed by atoms with Crippen LogP contribution in [0.5, 0.6) is 0 Å². The molecule has 0 amide bonds. The maximum Gasteiger partial charge on any atom is 0.391 e. The van der Waals surface area contributed by atoms with Crippen LogP contribution in [-0.2, 0) is 0 Å². The Morgan fingerprint density at radius 3 is 2.30 bits per heavy atom. The molecule has 5 heteroatoms. The first-order valence-electron chi connectivity index (χ1n) is 6.95. The van der Waals surface area contributed by atoms with Crippen molar-refractivity contribution in [3.8, 4) is 0 Å². The normalized spacial score (nSPS) is 25.4. The summed E-state index contributed by atoms with van der Waals surface area (Å²) in [4.78, 5) is 0. The third-order valence-electron chi connectivity index (χ3n) is 4.05. The Morgan fingerprint density at radius 1 is 1.15 bits per heavy atom. The third kappa shape index (κ3) is 3.98. The van der Waals surface area contributed by atoms with Gasteiger partial charge in [-0.25, -0.2) is 0 Å². The van der Waals surface area contributed by atoms with Gasteiger partial charge in [-0.1, -0.05) is 34.1 Å². The predicted octanol–water partition coefficient (Wildman–Crippen LogP) is 5.22. The lowest BCUT2D eigenvalue weighted by Crippen LogP contribution is -2.38. The molecule has 0 spiro atoms. The molecule has 1 fully saturated rings. The van der Waals surface area contributed by atoms with E-state index >= 15 is 0 Å². The smallest absolute Gasteiger partial charge is 0.307 e. The predicted molar refractivity (Wildman–Crippen MR) is 77.5 cm³/mol. The van der Waals surface area contributed by atoms with Crippen molar-refractivity contribution in [2.75, 3.05) is 0 Å². The number of alkyl halides is 3. The van der Waals surface area contributed by atoms with Crippen LogP contribution in [0.3, 0.4) is 0 Å². The van der Waals surface area contributed by atoms with Gasteiger partial charge < -0.3 is 5.32 Å². The third-order valence-corrected chi connectivity index (χ3v) is 4.77. The van der Waals surface area contributed by atoms with Crippen LogP contribution < -0.4 is 5.32 Å². The molecule has 1 nitrogen and oxygen atoms in total. The molecule has 0 saturated heterocycles. The Morgan fingerprint density at radius 2 is 1.75 bits per heavy atom. The molecule has 1 saturated carbocycles. The molecular formula is C15H19BrF3N. The number of benzene rings is 1. The standard InChI is InChI=1S/C15H19BrF3N/c1-10(13-4-2-3-5-14(13)16)20-12-8-6-11(7-9-12)15(17,18)19/h2-5,10-12,20H,6-9H2,1H3/t10-,11?,12?/m0/s1. The topological polar surface area (TPSA) is 12.0 Å². The van der Waals surface area contributed by atoms with Crippen LogP contribution in [0.4, 0.5) is 13.2 Å². The van der Waals surface area contributed by atoms with E-state index in [2.05, 4.69) is 28.2 Å². The second-order valence-corrected chi connectivity index (χ2v) is 6.35. The highest BCUT2D eigenvalue weighted by atomic mass is 79.9. The zero-order valence-electron chi connectivity index (χ0n) is 11.4. The molecular weight excluding hydrogens is 331 g/mol. The van der Waals surface area contributed by atoms with Gasteiger partial charge in [-0.05, 0) is 44.2 Å². The zero-order chi connectivity index (χ0) is 14.8. The molecule has 20 heavy (non-hydrogen) atoms. The second kappa shape index (κ2) is 6.48. The molecule has 1 atom stereocenters. The van der Waals surface area contributed by atoms with Crippen LogP contribution in [0.2, 0.25) is 0 Å². The van der Waals surface area contributed by atoms with E-state index in [0.29, 0.717) is 12.8 Å². The minimum Gasteiger partial charge on any atom is -0.307 e. The van der Waals surface area contributed by atoms with Crippen molar-refractivity contribution in [3.63, 3.8) is 0 Å². The molecule has 1 aliphatic rings. The van der Waals surface area contributed by atoms with Crippen LogP contribution in [0.15, 0.2) is 28.7 Å². The molecule has 1 aromatic rings. The van der Waals surface area contributed by atoms with Gasteiger partial charge in [-0.3, -0.25) is 0 Å². The van der Waals surface area contributed by atoms with E-state index in [4.69, 9.17) is 0 Å². The highest BCUT2D eigenvalue weighted by Crippen LogP contribution is 2.38. The van der Waals surface area contributed by atoms with Crippen LogP contribution in [0, 0.1) is 5.92 Å². The monoisotopic (exact) mass is 349 g/mol. The lowest BCUT2D eigenvalue weighted by molar-refractivity contribution is -0.182. The molecule has 0 aromatic heterocycles. The number of halogens is 4. The van der Waals surface area contributed by atoms with Gasteiger partial charge in [0, 0.05) is 16.6 Å². The van der Waals surface area contributed by atoms with E-state index in [1.165, 1.54) is 0 Å². The molecule has 0 unspecified atom stereocenters. The van der Waals surface area contributed by atoms with E-state index in [9.17, 15) is 13.2 Å². The Labute approximate surface area is 126 Å². The Hall–Kier alpha value is -0.550. The van der Waals surface area contributed by atoms with Gasteiger partial charge >= 0.3 is 6.18 Å². The summed E-state index contributed by atoms with van der Waals surface area (Å²) in [6.45, 7) is 2.05. The first-order chi connectivity index (χ1) is 9.38. The Kier molecular flexibility index (Phi) is 5.13. The largest absolute Gasteiger partial charge is 0.391 e. The Balaban J connectivity index is 1.88. The summed E-state index contributed by atoms with van der Waals surface area (Å²) < 4.78 is 38.9. The van der Waals surface area contributed by atoms with Gasteiger partial charge in [0.2, 0.25) is 0 Å². The number of hydrogen-bond acceptors (Lipinski definition) is 1. The van der Waals surface area contributed by atoms with Gasteiger partial charge in [-0.2, -0.15) is 13.2 Å². The summed E-state index contributed by atoms with van der Waals surface area (Å²) in [5.41, 5.74) is 1.14.